The fourth-order valence-corrected chi connectivity index (χ4v) is 3.41. The van der Waals surface area contributed by atoms with Crippen LogP contribution in [0.5, 0.6) is 0 Å². The third kappa shape index (κ3) is 2.34. The molecule has 0 unspecified atom stereocenters. The van der Waals surface area contributed by atoms with Gasteiger partial charge in [0.1, 0.15) is 0 Å². The molecule has 0 heterocycles. The van der Waals surface area contributed by atoms with Gasteiger partial charge in [-0.15, -0.1) is 0 Å². The van der Waals surface area contributed by atoms with Gasteiger partial charge >= 0.3 is 5.97 Å². The standard InChI is InChI=1S/C15H14N2O5/c18-14(16-10-3-5-11(6-4-10)17(21)22)12-8-1-2-9(7-8)13(12)15(19)20/h1-6,8-9,12-13H,7H2,(H,16,18)(H,19,20)/t8-,9-,12-,13+/m0/s1. The van der Waals surface area contributed by atoms with Gasteiger partial charge in [-0.1, -0.05) is 12.2 Å². The zero-order valence-electron chi connectivity index (χ0n) is 11.5. The highest BCUT2D eigenvalue weighted by atomic mass is 16.6. The number of hydrogen-bond donors (Lipinski definition) is 2. The number of non-ortho nitro benzene ring substituents is 1. The molecule has 3 rings (SSSR count). The van der Waals surface area contributed by atoms with Crippen molar-refractivity contribution >= 4 is 23.3 Å². The predicted octanol–water partition coefficient (Wildman–Crippen LogP) is 2.06. The zero-order chi connectivity index (χ0) is 15.9. The number of carboxylic acids is 1. The molecule has 0 saturated heterocycles. The molecule has 0 aromatic heterocycles. The Balaban J connectivity index is 1.75. The van der Waals surface area contributed by atoms with Crippen LogP contribution in [0.15, 0.2) is 36.4 Å². The van der Waals surface area contributed by atoms with E-state index < -0.39 is 22.7 Å². The molecule has 22 heavy (non-hydrogen) atoms. The second kappa shape index (κ2) is 5.25. The van der Waals surface area contributed by atoms with Crippen LogP contribution in [0, 0.1) is 33.8 Å². The summed E-state index contributed by atoms with van der Waals surface area (Å²) in [7, 11) is 0. The molecule has 2 bridgehead atoms. The predicted molar refractivity (Wildman–Crippen MR) is 77.1 cm³/mol. The summed E-state index contributed by atoms with van der Waals surface area (Å²) in [6.07, 6.45) is 4.47. The third-order valence-corrected chi connectivity index (χ3v) is 4.39. The molecule has 1 fully saturated rings. The Morgan fingerprint density at radius 1 is 1.14 bits per heavy atom. The summed E-state index contributed by atoms with van der Waals surface area (Å²) in [5, 5.41) is 22.6. The van der Waals surface area contributed by atoms with Crippen LogP contribution in [0.3, 0.4) is 0 Å². The van der Waals surface area contributed by atoms with Crippen molar-refractivity contribution in [3.8, 4) is 0 Å². The second-order valence-corrected chi connectivity index (χ2v) is 5.63. The molecule has 0 spiro atoms. The highest BCUT2D eigenvalue weighted by Gasteiger charge is 2.51. The average Bonchev–Trinajstić information content (AvgIpc) is 3.08. The molecule has 4 atom stereocenters. The van der Waals surface area contributed by atoms with Gasteiger partial charge in [-0.05, 0) is 30.4 Å². The molecule has 2 N–H and O–H groups in total. The second-order valence-electron chi connectivity index (χ2n) is 5.63. The number of fused-ring (bicyclic) bond motifs is 2. The number of carboxylic acid groups (broad SMARTS) is 1. The molecule has 114 valence electrons. The van der Waals surface area contributed by atoms with Crippen LogP contribution in [0.4, 0.5) is 11.4 Å². The fourth-order valence-electron chi connectivity index (χ4n) is 3.41. The smallest absolute Gasteiger partial charge is 0.307 e. The summed E-state index contributed by atoms with van der Waals surface area (Å²) in [4.78, 5) is 33.9. The van der Waals surface area contributed by atoms with Crippen molar-refractivity contribution in [2.45, 2.75) is 6.42 Å². The lowest BCUT2D eigenvalue weighted by atomic mass is 9.82. The molecular weight excluding hydrogens is 288 g/mol. The monoisotopic (exact) mass is 302 g/mol. The number of carbonyl (C=O) groups excluding carboxylic acids is 1. The number of amides is 1. The van der Waals surface area contributed by atoms with Crippen LogP contribution < -0.4 is 5.32 Å². The SMILES string of the molecule is O=C(Nc1ccc([N+](=O)[O-])cc1)[C@@H]1[C@H](C(=O)O)[C@H]2C=C[C@H]1C2. The Morgan fingerprint density at radius 3 is 2.27 bits per heavy atom. The molecule has 0 radical (unpaired) electrons. The maximum absolute atomic E-state index is 12.4. The number of nitro benzene ring substituents is 1. The third-order valence-electron chi connectivity index (χ3n) is 4.39. The molecule has 7 heteroatoms. The van der Waals surface area contributed by atoms with Gasteiger partial charge in [0.05, 0.1) is 16.8 Å². The van der Waals surface area contributed by atoms with E-state index in [0.717, 1.165) is 0 Å². The number of allylic oxidation sites excluding steroid dienone is 2. The van der Waals surface area contributed by atoms with E-state index in [4.69, 9.17) is 0 Å². The normalized spacial score (nSPS) is 28.5. The number of hydrogen-bond acceptors (Lipinski definition) is 4. The number of nitrogens with one attached hydrogen (secondary N) is 1. The molecule has 0 aliphatic heterocycles. The molecule has 7 nitrogen and oxygen atoms in total. The van der Waals surface area contributed by atoms with Gasteiger partial charge in [0.15, 0.2) is 0 Å². The Morgan fingerprint density at radius 2 is 1.73 bits per heavy atom. The highest BCUT2D eigenvalue weighted by molar-refractivity contribution is 5.96. The van der Waals surface area contributed by atoms with Crippen molar-refractivity contribution in [1.82, 2.24) is 0 Å². The van der Waals surface area contributed by atoms with Gasteiger partial charge in [0, 0.05) is 17.8 Å². The number of nitro groups is 1. The van der Waals surface area contributed by atoms with Gasteiger partial charge in [0.2, 0.25) is 5.91 Å². The van der Waals surface area contributed by atoms with Crippen LogP contribution in [-0.2, 0) is 9.59 Å². The average molecular weight is 302 g/mol. The van der Waals surface area contributed by atoms with Crippen LogP contribution in [0.2, 0.25) is 0 Å². The van der Waals surface area contributed by atoms with Crippen molar-refractivity contribution in [1.29, 1.82) is 0 Å². The number of rotatable bonds is 4. The van der Waals surface area contributed by atoms with Crippen LogP contribution in [0.25, 0.3) is 0 Å². The van der Waals surface area contributed by atoms with Gasteiger partial charge in [-0.3, -0.25) is 19.7 Å². The number of aliphatic carboxylic acids is 1. The van der Waals surface area contributed by atoms with E-state index in [0.29, 0.717) is 12.1 Å². The van der Waals surface area contributed by atoms with Crippen molar-refractivity contribution in [3.05, 3.63) is 46.5 Å². The first-order chi connectivity index (χ1) is 10.5. The van der Waals surface area contributed by atoms with Crippen molar-refractivity contribution in [2.75, 3.05) is 5.32 Å². The van der Waals surface area contributed by atoms with E-state index in [1.54, 1.807) is 0 Å². The summed E-state index contributed by atoms with van der Waals surface area (Å²) in [5.41, 5.74) is 0.357. The maximum Gasteiger partial charge on any atom is 0.307 e. The minimum atomic E-state index is -0.958. The summed E-state index contributed by atoms with van der Waals surface area (Å²) in [6, 6.07) is 5.47. The van der Waals surface area contributed by atoms with Crippen LogP contribution in [-0.4, -0.2) is 21.9 Å². The maximum atomic E-state index is 12.4. The van der Waals surface area contributed by atoms with Gasteiger partial charge < -0.3 is 10.4 Å². The van der Waals surface area contributed by atoms with Gasteiger partial charge in [-0.25, -0.2) is 0 Å². The molecule has 1 aromatic carbocycles. The van der Waals surface area contributed by atoms with E-state index in [1.807, 2.05) is 12.2 Å². The number of carbonyl (C=O) groups is 2. The van der Waals surface area contributed by atoms with E-state index in [-0.39, 0.29) is 23.4 Å². The number of nitrogens with zero attached hydrogens (tertiary/aromatic N) is 1. The molecule has 2 aliphatic rings. The zero-order valence-corrected chi connectivity index (χ0v) is 11.5. The number of anilines is 1. The first-order valence-corrected chi connectivity index (χ1v) is 6.94. The molecular formula is C15H14N2O5. The highest BCUT2D eigenvalue weighted by Crippen LogP contribution is 2.48. The van der Waals surface area contributed by atoms with Crippen molar-refractivity contribution in [2.24, 2.45) is 23.7 Å². The van der Waals surface area contributed by atoms with Gasteiger partial charge in [0.25, 0.3) is 5.69 Å². The van der Waals surface area contributed by atoms with Crippen molar-refractivity contribution < 1.29 is 19.6 Å². The van der Waals surface area contributed by atoms with E-state index in [2.05, 4.69) is 5.32 Å². The number of benzene rings is 1. The molecule has 1 aromatic rings. The van der Waals surface area contributed by atoms with Gasteiger partial charge in [-0.2, -0.15) is 0 Å². The Hall–Kier alpha value is -2.70. The summed E-state index contributed by atoms with van der Waals surface area (Å²) in [6.45, 7) is 0. The lowest BCUT2D eigenvalue weighted by molar-refractivity contribution is -0.384. The summed E-state index contributed by atoms with van der Waals surface area (Å²) in [5.74, 6) is -2.74. The quantitative estimate of drug-likeness (QED) is 0.502. The summed E-state index contributed by atoms with van der Waals surface area (Å²) < 4.78 is 0. The Bertz CT molecular complexity index is 667. The van der Waals surface area contributed by atoms with E-state index in [9.17, 15) is 24.8 Å². The largest absolute Gasteiger partial charge is 0.481 e. The van der Waals surface area contributed by atoms with Crippen LogP contribution in [0.1, 0.15) is 6.42 Å². The first-order valence-electron chi connectivity index (χ1n) is 6.94. The molecule has 1 saturated carbocycles. The molecule has 1 amide bonds. The fraction of sp³-hybridized carbons (Fsp3) is 0.333. The lowest BCUT2D eigenvalue weighted by Crippen LogP contribution is -2.36. The Kier molecular flexibility index (Phi) is 3.40. The van der Waals surface area contributed by atoms with E-state index >= 15 is 0 Å². The topological polar surface area (TPSA) is 110 Å². The molecule has 2 aliphatic carbocycles. The minimum Gasteiger partial charge on any atom is -0.481 e. The lowest BCUT2D eigenvalue weighted by Gasteiger charge is -2.23. The van der Waals surface area contributed by atoms with E-state index in [1.165, 1.54) is 24.3 Å². The first kappa shape index (κ1) is 14.2. The summed E-state index contributed by atoms with van der Waals surface area (Å²) >= 11 is 0. The van der Waals surface area contributed by atoms with Crippen molar-refractivity contribution in [3.63, 3.8) is 0 Å². The minimum absolute atomic E-state index is 0.0517. The van der Waals surface area contributed by atoms with Crippen LogP contribution >= 0.6 is 0 Å². The Labute approximate surface area is 125 Å².